The van der Waals surface area contributed by atoms with Crippen LogP contribution in [-0.2, 0) is 22.7 Å². The van der Waals surface area contributed by atoms with Crippen molar-refractivity contribution in [1.82, 2.24) is 20.9 Å². The van der Waals surface area contributed by atoms with Gasteiger partial charge in [0.15, 0.2) is 0 Å². The van der Waals surface area contributed by atoms with E-state index in [0.29, 0.717) is 38.0 Å². The zero-order valence-corrected chi connectivity index (χ0v) is 15.0. The molecule has 0 saturated carbocycles. The number of nitrogens with one attached hydrogen (secondary N) is 3. The summed E-state index contributed by atoms with van der Waals surface area (Å²) in [7, 11) is 0. The maximum atomic E-state index is 12.8. The molecule has 2 saturated heterocycles. The highest BCUT2D eigenvalue weighted by Crippen LogP contribution is 2.29. The Balaban J connectivity index is 1.47. The van der Waals surface area contributed by atoms with Gasteiger partial charge in [-0.25, -0.2) is 0 Å². The Morgan fingerprint density at radius 1 is 1.22 bits per heavy atom. The third kappa shape index (κ3) is 3.60. The summed E-state index contributed by atoms with van der Waals surface area (Å²) in [5, 5.41) is 18.7. The number of nitrogens with zero attached hydrogens (tertiary/aromatic N) is 1. The fourth-order valence-corrected chi connectivity index (χ4v) is 4.14. The lowest BCUT2D eigenvalue weighted by Gasteiger charge is -2.29. The Labute approximate surface area is 157 Å². The van der Waals surface area contributed by atoms with Gasteiger partial charge in [-0.1, -0.05) is 12.1 Å². The van der Waals surface area contributed by atoms with Gasteiger partial charge in [-0.15, -0.1) is 0 Å². The van der Waals surface area contributed by atoms with Crippen LogP contribution in [0.5, 0.6) is 0 Å². The van der Waals surface area contributed by atoms with Crippen molar-refractivity contribution in [2.24, 2.45) is 0 Å². The second-order valence-electron chi connectivity index (χ2n) is 7.47. The van der Waals surface area contributed by atoms with Gasteiger partial charge in [0.25, 0.3) is 5.91 Å². The molecular weight excluding hydrogens is 348 g/mol. The molecule has 4 rings (SSSR count). The minimum Gasteiger partial charge on any atom is -0.392 e. The monoisotopic (exact) mass is 372 g/mol. The summed E-state index contributed by atoms with van der Waals surface area (Å²) in [5.74, 6) is -0.834. The smallest absolute Gasteiger partial charge is 0.255 e. The average molecular weight is 372 g/mol. The minimum atomic E-state index is -0.596. The second kappa shape index (κ2) is 7.38. The fraction of sp³-hybridized carbons (Fsp3) is 0.526. The van der Waals surface area contributed by atoms with Crippen LogP contribution in [-0.4, -0.2) is 59.0 Å². The summed E-state index contributed by atoms with van der Waals surface area (Å²) in [6.07, 6.45) is 0.969. The lowest BCUT2D eigenvalue weighted by atomic mass is 10.0. The molecule has 0 spiro atoms. The second-order valence-corrected chi connectivity index (χ2v) is 7.47. The molecule has 144 valence electrons. The molecule has 0 aliphatic carbocycles. The molecule has 3 amide bonds. The number of benzene rings is 1. The number of rotatable bonds is 4. The maximum absolute atomic E-state index is 12.8. The highest BCUT2D eigenvalue weighted by atomic mass is 16.3. The van der Waals surface area contributed by atoms with Crippen molar-refractivity contribution in [2.45, 2.75) is 50.5 Å². The number of imide groups is 1. The van der Waals surface area contributed by atoms with E-state index in [1.54, 1.807) is 11.0 Å². The number of fused-ring (bicyclic) bond motifs is 1. The van der Waals surface area contributed by atoms with Crippen molar-refractivity contribution in [1.29, 1.82) is 0 Å². The van der Waals surface area contributed by atoms with Crippen molar-refractivity contribution in [2.75, 3.05) is 13.1 Å². The average Bonchev–Trinajstić information content (AvgIpc) is 2.97. The normalized spacial score (nSPS) is 28.3. The highest BCUT2D eigenvalue weighted by Gasteiger charge is 2.39. The van der Waals surface area contributed by atoms with E-state index >= 15 is 0 Å². The zero-order chi connectivity index (χ0) is 19.0. The molecule has 1 unspecified atom stereocenters. The first-order valence-electron chi connectivity index (χ1n) is 9.40. The van der Waals surface area contributed by atoms with Crippen LogP contribution in [0.15, 0.2) is 18.2 Å². The molecule has 1 aromatic rings. The molecule has 0 radical (unpaired) electrons. The number of hydrogen-bond acceptors (Lipinski definition) is 6. The van der Waals surface area contributed by atoms with Crippen molar-refractivity contribution in [3.8, 4) is 0 Å². The van der Waals surface area contributed by atoms with Crippen LogP contribution < -0.4 is 16.0 Å². The molecule has 4 N–H and O–H groups in total. The molecule has 2 fully saturated rings. The van der Waals surface area contributed by atoms with Crippen LogP contribution in [0, 0.1) is 0 Å². The van der Waals surface area contributed by atoms with Crippen molar-refractivity contribution in [3.63, 3.8) is 0 Å². The van der Waals surface area contributed by atoms with Crippen LogP contribution in [0.2, 0.25) is 0 Å². The summed E-state index contributed by atoms with van der Waals surface area (Å²) in [4.78, 5) is 37.9. The van der Waals surface area contributed by atoms with Gasteiger partial charge in [-0.2, -0.15) is 0 Å². The van der Waals surface area contributed by atoms with Gasteiger partial charge in [-0.3, -0.25) is 19.7 Å². The molecule has 8 nitrogen and oxygen atoms in total. The number of aliphatic hydroxyl groups excluding tert-OH is 1. The molecular formula is C19H24N4O4. The molecule has 0 bridgehead atoms. The molecule has 0 aromatic heterocycles. The number of aliphatic hydroxyl groups is 1. The predicted octanol–water partition coefficient (Wildman–Crippen LogP) is -0.740. The Bertz CT molecular complexity index is 781. The lowest BCUT2D eigenvalue weighted by molar-refractivity contribution is -0.136. The van der Waals surface area contributed by atoms with Crippen LogP contribution >= 0.6 is 0 Å². The van der Waals surface area contributed by atoms with Crippen LogP contribution in [0.1, 0.15) is 40.7 Å². The van der Waals surface area contributed by atoms with Crippen LogP contribution in [0.3, 0.4) is 0 Å². The van der Waals surface area contributed by atoms with Gasteiger partial charge in [0.1, 0.15) is 6.04 Å². The van der Waals surface area contributed by atoms with Gasteiger partial charge in [0, 0.05) is 44.2 Å². The quantitative estimate of drug-likeness (QED) is 0.518. The largest absolute Gasteiger partial charge is 0.392 e. The van der Waals surface area contributed by atoms with Gasteiger partial charge in [0.2, 0.25) is 11.8 Å². The number of amides is 3. The number of piperidine rings is 2. The van der Waals surface area contributed by atoms with E-state index in [2.05, 4.69) is 16.0 Å². The maximum Gasteiger partial charge on any atom is 0.255 e. The highest BCUT2D eigenvalue weighted by molar-refractivity contribution is 6.05. The third-order valence-electron chi connectivity index (χ3n) is 5.59. The first-order chi connectivity index (χ1) is 13.0. The van der Waals surface area contributed by atoms with Gasteiger partial charge >= 0.3 is 0 Å². The molecule has 27 heavy (non-hydrogen) atoms. The number of carbonyl (C=O) groups is 3. The van der Waals surface area contributed by atoms with Gasteiger partial charge < -0.3 is 20.6 Å². The molecule has 3 aliphatic heterocycles. The summed E-state index contributed by atoms with van der Waals surface area (Å²) < 4.78 is 0. The third-order valence-corrected chi connectivity index (χ3v) is 5.59. The Kier molecular flexibility index (Phi) is 4.94. The zero-order valence-electron chi connectivity index (χ0n) is 15.0. The minimum absolute atomic E-state index is 0.156. The molecule has 3 heterocycles. The van der Waals surface area contributed by atoms with Crippen LogP contribution in [0.25, 0.3) is 0 Å². The standard InChI is InChI=1S/C19H24N4O4/c24-13-6-12(8-20-9-13)21-7-11-2-1-3-14-15(11)10-23(19(14)27)16-4-5-17(25)22-18(16)26/h1-3,12-13,16,20-21,24H,4-10H2,(H,22,25,26)/t12-,13-,16?/m0/s1. The van der Waals surface area contributed by atoms with E-state index in [4.69, 9.17) is 0 Å². The molecule has 3 atom stereocenters. The Morgan fingerprint density at radius 3 is 2.85 bits per heavy atom. The Morgan fingerprint density at radius 2 is 2.07 bits per heavy atom. The van der Waals surface area contributed by atoms with Gasteiger partial charge in [-0.05, 0) is 30.0 Å². The van der Waals surface area contributed by atoms with E-state index in [-0.39, 0.29) is 30.4 Å². The van der Waals surface area contributed by atoms with Crippen molar-refractivity contribution in [3.05, 3.63) is 34.9 Å². The van der Waals surface area contributed by atoms with E-state index < -0.39 is 11.9 Å². The summed E-state index contributed by atoms with van der Waals surface area (Å²) >= 11 is 0. The van der Waals surface area contributed by atoms with Crippen molar-refractivity contribution >= 4 is 17.7 Å². The Hall–Kier alpha value is -2.29. The van der Waals surface area contributed by atoms with E-state index in [9.17, 15) is 19.5 Å². The predicted molar refractivity (Wildman–Crippen MR) is 96.6 cm³/mol. The van der Waals surface area contributed by atoms with E-state index in [1.807, 2.05) is 12.1 Å². The summed E-state index contributed by atoms with van der Waals surface area (Å²) in [5.41, 5.74) is 2.58. The van der Waals surface area contributed by atoms with Crippen LogP contribution in [0.4, 0.5) is 0 Å². The lowest BCUT2D eigenvalue weighted by Crippen LogP contribution is -2.52. The number of hydrogen-bond donors (Lipinski definition) is 4. The first-order valence-corrected chi connectivity index (χ1v) is 9.40. The topological polar surface area (TPSA) is 111 Å². The summed E-state index contributed by atoms with van der Waals surface area (Å²) in [6, 6.07) is 5.21. The molecule has 1 aromatic carbocycles. The van der Waals surface area contributed by atoms with Gasteiger partial charge in [0.05, 0.1) is 6.10 Å². The summed E-state index contributed by atoms with van der Waals surface area (Å²) in [6.45, 7) is 2.39. The van der Waals surface area contributed by atoms with E-state index in [1.165, 1.54) is 0 Å². The molecule has 8 heteroatoms. The number of carbonyl (C=O) groups excluding carboxylic acids is 3. The van der Waals surface area contributed by atoms with E-state index in [0.717, 1.165) is 17.7 Å². The number of β-amino-alcohol motifs (C(OH)–C–C–N with tert-alkyl or cyclic N) is 1. The fourth-order valence-electron chi connectivity index (χ4n) is 4.14. The van der Waals surface area contributed by atoms with Crippen molar-refractivity contribution < 1.29 is 19.5 Å². The molecule has 3 aliphatic rings. The first kappa shape index (κ1) is 18.1. The SMILES string of the molecule is O=C1CCC(N2Cc3c(CN[C@@H]4CNC[C@@H](O)C4)cccc3C2=O)C(=O)N1.